The van der Waals surface area contributed by atoms with E-state index in [4.69, 9.17) is 4.74 Å². The maximum atomic E-state index is 12.0. The molecule has 0 aromatic carbocycles. The molecule has 0 spiro atoms. The summed E-state index contributed by atoms with van der Waals surface area (Å²) in [7, 11) is 2.02. The Morgan fingerprint density at radius 3 is 3.05 bits per heavy atom. The number of nitrogens with one attached hydrogen (secondary N) is 1. The molecule has 1 fully saturated rings. The molecule has 104 valence electrons. The first-order chi connectivity index (χ1) is 9.10. The summed E-state index contributed by atoms with van der Waals surface area (Å²) >= 11 is 1.13. The number of rotatable bonds is 4. The van der Waals surface area contributed by atoms with E-state index < -0.39 is 5.97 Å². The summed E-state index contributed by atoms with van der Waals surface area (Å²) in [5.41, 5.74) is 0.280. The standard InChI is InChI=1S/C12H17N3O3S/c1-3-18-12(17)11-14-9(7-19-11)10(16)13-8-4-5-15(2)6-8/h7-8H,3-6H2,1-2H3,(H,13,16). The first-order valence-electron chi connectivity index (χ1n) is 6.22. The highest BCUT2D eigenvalue weighted by Gasteiger charge is 2.23. The molecule has 1 aromatic rings. The van der Waals surface area contributed by atoms with Crippen molar-refractivity contribution in [1.29, 1.82) is 0 Å². The third-order valence-electron chi connectivity index (χ3n) is 2.91. The van der Waals surface area contributed by atoms with Gasteiger partial charge in [0.2, 0.25) is 5.01 Å². The number of esters is 1. The molecule has 0 bridgehead atoms. The highest BCUT2D eigenvalue weighted by molar-refractivity contribution is 7.11. The second-order valence-electron chi connectivity index (χ2n) is 4.48. The van der Waals surface area contributed by atoms with Gasteiger partial charge < -0.3 is 15.0 Å². The molecule has 2 heterocycles. The van der Waals surface area contributed by atoms with Crippen molar-refractivity contribution in [3.63, 3.8) is 0 Å². The van der Waals surface area contributed by atoms with E-state index in [1.54, 1.807) is 12.3 Å². The largest absolute Gasteiger partial charge is 0.461 e. The van der Waals surface area contributed by atoms with Gasteiger partial charge in [0.1, 0.15) is 5.69 Å². The third-order valence-corrected chi connectivity index (χ3v) is 3.74. The molecule has 1 aromatic heterocycles. The fraction of sp³-hybridized carbons (Fsp3) is 0.583. The van der Waals surface area contributed by atoms with Gasteiger partial charge in [-0.15, -0.1) is 11.3 Å². The van der Waals surface area contributed by atoms with Crippen LogP contribution in [0.15, 0.2) is 5.38 Å². The van der Waals surface area contributed by atoms with E-state index in [-0.39, 0.29) is 22.7 Å². The summed E-state index contributed by atoms with van der Waals surface area (Å²) in [6.07, 6.45) is 0.942. The molecule has 7 heteroatoms. The molecule has 0 saturated carbocycles. The SMILES string of the molecule is CCOC(=O)c1nc(C(=O)NC2CCN(C)C2)cs1. The molecule has 1 amide bonds. The number of aromatic nitrogens is 1. The first-order valence-corrected chi connectivity index (χ1v) is 7.10. The van der Waals surface area contributed by atoms with Crippen LogP contribution in [-0.2, 0) is 4.74 Å². The summed E-state index contributed by atoms with van der Waals surface area (Å²) in [4.78, 5) is 29.6. The number of carbonyl (C=O) groups is 2. The van der Waals surface area contributed by atoms with Crippen LogP contribution < -0.4 is 5.32 Å². The Balaban J connectivity index is 1.94. The number of amides is 1. The van der Waals surface area contributed by atoms with Crippen LogP contribution in [0.1, 0.15) is 33.6 Å². The minimum atomic E-state index is -0.479. The van der Waals surface area contributed by atoms with Crippen molar-refractivity contribution in [1.82, 2.24) is 15.2 Å². The lowest BCUT2D eigenvalue weighted by Gasteiger charge is -2.11. The van der Waals surface area contributed by atoms with E-state index in [0.29, 0.717) is 6.61 Å². The van der Waals surface area contributed by atoms with Crippen LogP contribution in [0.4, 0.5) is 0 Å². The number of ether oxygens (including phenoxy) is 1. The fourth-order valence-corrected chi connectivity index (χ4v) is 2.67. The van der Waals surface area contributed by atoms with Gasteiger partial charge in [-0.05, 0) is 26.9 Å². The van der Waals surface area contributed by atoms with Crippen molar-refractivity contribution in [3.05, 3.63) is 16.1 Å². The minimum Gasteiger partial charge on any atom is -0.461 e. The maximum Gasteiger partial charge on any atom is 0.367 e. The van der Waals surface area contributed by atoms with Crippen LogP contribution in [0.2, 0.25) is 0 Å². The molecule has 2 rings (SSSR count). The Bertz CT molecular complexity index is 475. The Morgan fingerprint density at radius 2 is 2.42 bits per heavy atom. The molecular formula is C12H17N3O3S. The van der Waals surface area contributed by atoms with Crippen LogP contribution in [-0.4, -0.2) is 54.5 Å². The number of likely N-dealkylation sites (N-methyl/N-ethyl adjacent to an activating group) is 1. The predicted octanol–water partition coefficient (Wildman–Crippen LogP) is 0.754. The number of hydrogen-bond donors (Lipinski definition) is 1. The number of carbonyl (C=O) groups excluding carboxylic acids is 2. The molecule has 0 aliphatic carbocycles. The average molecular weight is 283 g/mol. The van der Waals surface area contributed by atoms with Crippen molar-refractivity contribution < 1.29 is 14.3 Å². The summed E-state index contributed by atoms with van der Waals surface area (Å²) in [5.74, 6) is -0.709. The quantitative estimate of drug-likeness (QED) is 0.826. The number of thiazole rings is 1. The molecule has 1 N–H and O–H groups in total. The number of hydrogen-bond acceptors (Lipinski definition) is 6. The summed E-state index contributed by atoms with van der Waals surface area (Å²) < 4.78 is 4.84. The van der Waals surface area contributed by atoms with Crippen molar-refractivity contribution in [3.8, 4) is 0 Å². The van der Waals surface area contributed by atoms with Gasteiger partial charge >= 0.3 is 5.97 Å². The van der Waals surface area contributed by atoms with E-state index in [9.17, 15) is 9.59 Å². The maximum absolute atomic E-state index is 12.0. The van der Waals surface area contributed by atoms with Gasteiger partial charge in [0, 0.05) is 18.0 Å². The number of nitrogens with zero attached hydrogens (tertiary/aromatic N) is 2. The molecule has 1 saturated heterocycles. The Hall–Kier alpha value is -1.47. The van der Waals surface area contributed by atoms with Gasteiger partial charge in [0.15, 0.2) is 0 Å². The topological polar surface area (TPSA) is 71.5 Å². The third kappa shape index (κ3) is 3.51. The highest BCUT2D eigenvalue weighted by atomic mass is 32.1. The van der Waals surface area contributed by atoms with E-state index in [0.717, 1.165) is 30.8 Å². The van der Waals surface area contributed by atoms with Crippen LogP contribution in [0.3, 0.4) is 0 Å². The van der Waals surface area contributed by atoms with Gasteiger partial charge in [0.05, 0.1) is 6.61 Å². The zero-order valence-corrected chi connectivity index (χ0v) is 11.8. The number of likely N-dealkylation sites (tertiary alicyclic amines) is 1. The van der Waals surface area contributed by atoms with Crippen LogP contribution >= 0.6 is 11.3 Å². The highest BCUT2D eigenvalue weighted by Crippen LogP contribution is 2.12. The van der Waals surface area contributed by atoms with Crippen LogP contribution in [0.25, 0.3) is 0 Å². The molecule has 1 aliphatic heterocycles. The smallest absolute Gasteiger partial charge is 0.367 e. The van der Waals surface area contributed by atoms with Crippen molar-refractivity contribution in [2.45, 2.75) is 19.4 Å². The molecule has 6 nitrogen and oxygen atoms in total. The Labute approximate surface area is 115 Å². The Morgan fingerprint density at radius 1 is 1.63 bits per heavy atom. The second kappa shape index (κ2) is 6.12. The lowest BCUT2D eigenvalue weighted by atomic mass is 10.2. The van der Waals surface area contributed by atoms with Crippen molar-refractivity contribution >= 4 is 23.2 Å². The lowest BCUT2D eigenvalue weighted by molar-refractivity contribution is 0.0526. The molecular weight excluding hydrogens is 266 g/mol. The molecule has 1 atom stereocenters. The van der Waals surface area contributed by atoms with Gasteiger partial charge in [-0.3, -0.25) is 4.79 Å². The Kier molecular flexibility index (Phi) is 4.49. The summed E-state index contributed by atoms with van der Waals surface area (Å²) in [6.45, 7) is 3.86. The second-order valence-corrected chi connectivity index (χ2v) is 5.34. The van der Waals surface area contributed by atoms with Gasteiger partial charge in [-0.1, -0.05) is 0 Å². The van der Waals surface area contributed by atoms with E-state index in [2.05, 4.69) is 15.2 Å². The van der Waals surface area contributed by atoms with Crippen LogP contribution in [0, 0.1) is 0 Å². The van der Waals surface area contributed by atoms with E-state index in [1.165, 1.54) is 0 Å². The molecule has 0 radical (unpaired) electrons. The molecule has 19 heavy (non-hydrogen) atoms. The van der Waals surface area contributed by atoms with Crippen molar-refractivity contribution in [2.75, 3.05) is 26.7 Å². The predicted molar refractivity (Wildman–Crippen MR) is 71.4 cm³/mol. The lowest BCUT2D eigenvalue weighted by Crippen LogP contribution is -2.36. The molecule has 1 unspecified atom stereocenters. The van der Waals surface area contributed by atoms with Crippen LogP contribution in [0.5, 0.6) is 0 Å². The zero-order chi connectivity index (χ0) is 13.8. The average Bonchev–Trinajstić information content (AvgIpc) is 2.98. The zero-order valence-electron chi connectivity index (χ0n) is 11.0. The van der Waals surface area contributed by atoms with Crippen molar-refractivity contribution in [2.24, 2.45) is 0 Å². The monoisotopic (exact) mass is 283 g/mol. The van der Waals surface area contributed by atoms with Gasteiger partial charge in [-0.2, -0.15) is 0 Å². The van der Waals surface area contributed by atoms with Gasteiger partial charge in [-0.25, -0.2) is 9.78 Å². The van der Waals surface area contributed by atoms with E-state index in [1.807, 2.05) is 7.05 Å². The summed E-state index contributed by atoms with van der Waals surface area (Å²) in [5, 5.41) is 4.72. The van der Waals surface area contributed by atoms with Gasteiger partial charge in [0.25, 0.3) is 5.91 Å². The first kappa shape index (κ1) is 14.0. The normalized spacial score (nSPS) is 19.4. The summed E-state index contributed by atoms with van der Waals surface area (Å²) in [6, 6.07) is 0.158. The fourth-order valence-electron chi connectivity index (χ4n) is 1.98. The minimum absolute atomic E-state index is 0.158. The molecule has 1 aliphatic rings. The van der Waals surface area contributed by atoms with E-state index >= 15 is 0 Å².